The van der Waals surface area contributed by atoms with Gasteiger partial charge in [0.05, 0.1) is 11.1 Å². The highest BCUT2D eigenvalue weighted by atomic mass is 35.5. The Hall–Kier alpha value is -2.12. The van der Waals surface area contributed by atoms with Crippen LogP contribution in [-0.2, 0) is 14.8 Å². The number of sulfonamides is 1. The quantitative estimate of drug-likeness (QED) is 0.798. The van der Waals surface area contributed by atoms with Gasteiger partial charge < -0.3 is 5.32 Å². The molecule has 2 atom stereocenters. The zero-order chi connectivity index (χ0) is 18.0. The number of anilines is 1. The lowest BCUT2D eigenvalue weighted by molar-refractivity contribution is -0.121. The summed E-state index contributed by atoms with van der Waals surface area (Å²) >= 11 is 5.94. The van der Waals surface area contributed by atoms with Gasteiger partial charge in [-0.05, 0) is 29.7 Å². The van der Waals surface area contributed by atoms with Crippen LogP contribution in [0.1, 0.15) is 6.42 Å². The molecular weight excluding hydrogens is 367 g/mol. The maximum Gasteiger partial charge on any atom is 0.244 e. The smallest absolute Gasteiger partial charge is 0.244 e. The van der Waals surface area contributed by atoms with Gasteiger partial charge in [0.2, 0.25) is 15.9 Å². The van der Waals surface area contributed by atoms with E-state index in [1.54, 1.807) is 6.07 Å². The number of piperidine rings is 1. The first kappa shape index (κ1) is 17.7. The summed E-state index contributed by atoms with van der Waals surface area (Å²) in [4.78, 5) is 11.9. The number of benzene rings is 2. The van der Waals surface area contributed by atoms with Gasteiger partial charge in [-0.2, -0.15) is 0 Å². The monoisotopic (exact) mass is 382 g/mol. The van der Waals surface area contributed by atoms with Crippen LogP contribution in [0.4, 0.5) is 10.1 Å². The summed E-state index contributed by atoms with van der Waals surface area (Å²) in [5, 5.41) is 0.598. The Bertz CT molecular complexity index is 890. The van der Waals surface area contributed by atoms with Crippen molar-refractivity contribution in [2.45, 2.75) is 17.0 Å². The van der Waals surface area contributed by atoms with Crippen molar-refractivity contribution in [1.29, 1.82) is 0 Å². The van der Waals surface area contributed by atoms with E-state index in [9.17, 15) is 17.6 Å². The van der Waals surface area contributed by atoms with E-state index in [1.807, 2.05) is 30.3 Å². The fraction of sp³-hybridized carbons (Fsp3) is 0.235. The maximum atomic E-state index is 14.1. The Morgan fingerprint density at radius 2 is 1.84 bits per heavy atom. The molecule has 5 nitrogen and oxygen atoms in total. The largest absolute Gasteiger partial charge is 0.353 e. The molecule has 3 rings (SSSR count). The van der Waals surface area contributed by atoms with E-state index >= 15 is 0 Å². The van der Waals surface area contributed by atoms with E-state index in [-0.39, 0.29) is 18.7 Å². The minimum atomic E-state index is -4.13. The second kappa shape index (κ2) is 7.01. The van der Waals surface area contributed by atoms with Crippen molar-refractivity contribution in [1.82, 2.24) is 5.32 Å². The van der Waals surface area contributed by atoms with Gasteiger partial charge in [0.15, 0.2) is 5.25 Å². The van der Waals surface area contributed by atoms with Gasteiger partial charge in [0.1, 0.15) is 5.82 Å². The zero-order valence-corrected chi connectivity index (χ0v) is 14.6. The van der Waals surface area contributed by atoms with Crippen molar-refractivity contribution in [2.75, 3.05) is 11.3 Å². The zero-order valence-electron chi connectivity index (χ0n) is 13.1. The van der Waals surface area contributed by atoms with Crippen LogP contribution < -0.4 is 10.0 Å². The van der Waals surface area contributed by atoms with Crippen molar-refractivity contribution in [2.24, 2.45) is 0 Å². The number of hydrogen-bond acceptors (Lipinski definition) is 3. The van der Waals surface area contributed by atoms with E-state index in [1.165, 1.54) is 12.1 Å². The van der Waals surface area contributed by atoms with Gasteiger partial charge in [-0.25, -0.2) is 12.8 Å². The molecule has 1 fully saturated rings. The predicted octanol–water partition coefficient (Wildman–Crippen LogP) is 2.73. The van der Waals surface area contributed by atoms with Gasteiger partial charge in [-0.1, -0.05) is 36.4 Å². The van der Waals surface area contributed by atoms with E-state index in [2.05, 4.69) is 10.0 Å². The lowest BCUT2D eigenvalue weighted by Crippen LogP contribution is -2.50. The molecule has 2 aromatic rings. The highest BCUT2D eigenvalue weighted by Crippen LogP contribution is 2.27. The molecule has 0 saturated carbocycles. The molecule has 25 heavy (non-hydrogen) atoms. The Kier molecular flexibility index (Phi) is 4.96. The Balaban J connectivity index is 1.90. The summed E-state index contributed by atoms with van der Waals surface area (Å²) in [6, 6.07) is 13.3. The van der Waals surface area contributed by atoms with Crippen LogP contribution in [0, 0.1) is 5.82 Å². The number of nitrogens with one attached hydrogen (secondary N) is 2. The molecule has 1 aliphatic heterocycles. The molecule has 1 aliphatic rings. The average molecular weight is 383 g/mol. The van der Waals surface area contributed by atoms with E-state index in [0.717, 1.165) is 5.56 Å². The molecule has 0 bridgehead atoms. The summed E-state index contributed by atoms with van der Waals surface area (Å²) in [6.07, 6.45) is -0.0251. The lowest BCUT2D eigenvalue weighted by Gasteiger charge is -2.25. The number of rotatable bonds is 4. The fourth-order valence-corrected chi connectivity index (χ4v) is 4.47. The highest BCUT2D eigenvalue weighted by molar-refractivity contribution is 7.94. The van der Waals surface area contributed by atoms with E-state index < -0.39 is 32.4 Å². The number of hydrogen-bond donors (Lipinski definition) is 2. The van der Waals surface area contributed by atoms with Gasteiger partial charge in [0.25, 0.3) is 0 Å². The molecule has 0 aromatic heterocycles. The van der Waals surface area contributed by atoms with Crippen LogP contribution in [0.25, 0.3) is 11.1 Å². The van der Waals surface area contributed by atoms with Crippen molar-refractivity contribution in [3.05, 3.63) is 54.3 Å². The lowest BCUT2D eigenvalue weighted by atomic mass is 10.1. The van der Waals surface area contributed by atoms with Crippen molar-refractivity contribution < 1.29 is 17.6 Å². The molecule has 0 radical (unpaired) electrons. The topological polar surface area (TPSA) is 75.3 Å². The minimum Gasteiger partial charge on any atom is -0.353 e. The third kappa shape index (κ3) is 3.93. The van der Waals surface area contributed by atoms with Gasteiger partial charge >= 0.3 is 0 Å². The van der Waals surface area contributed by atoms with Crippen LogP contribution in [0.2, 0.25) is 0 Å². The molecule has 2 aromatic carbocycles. The molecule has 8 heteroatoms. The summed E-state index contributed by atoms with van der Waals surface area (Å²) in [5.41, 5.74) is 1.27. The van der Waals surface area contributed by atoms with E-state index in [4.69, 9.17) is 11.6 Å². The number of alkyl halides is 1. The first-order chi connectivity index (χ1) is 11.9. The summed E-state index contributed by atoms with van der Waals surface area (Å²) < 4.78 is 41.3. The second-order valence-corrected chi connectivity index (χ2v) is 8.25. The Morgan fingerprint density at radius 3 is 2.56 bits per heavy atom. The van der Waals surface area contributed by atoms with Crippen LogP contribution in [-0.4, -0.2) is 31.5 Å². The minimum absolute atomic E-state index is 0.0251. The third-order valence-electron chi connectivity index (χ3n) is 3.96. The Labute approximate surface area is 150 Å². The molecule has 0 spiro atoms. The molecule has 0 aliphatic carbocycles. The highest BCUT2D eigenvalue weighted by Gasteiger charge is 2.38. The van der Waals surface area contributed by atoms with Crippen molar-refractivity contribution in [3.63, 3.8) is 0 Å². The standard InChI is InChI=1S/C17H16ClFN2O3S/c18-13-9-16(17(22)20-10-13)25(23,24)21-15-8-12(6-7-14(15)19)11-4-2-1-3-5-11/h1-8,13,16,21H,9-10H2,(H,20,22). The number of carbonyl (C=O) groups is 1. The SMILES string of the molecule is O=C1NCC(Cl)CC1S(=O)(=O)Nc1cc(-c2ccccc2)ccc1F. The number of amides is 1. The average Bonchev–Trinajstić information content (AvgIpc) is 2.59. The molecule has 2 unspecified atom stereocenters. The van der Waals surface area contributed by atoms with E-state index in [0.29, 0.717) is 5.56 Å². The van der Waals surface area contributed by atoms with Crippen LogP contribution in [0.5, 0.6) is 0 Å². The van der Waals surface area contributed by atoms with Gasteiger partial charge in [-0.15, -0.1) is 11.6 Å². The number of carbonyl (C=O) groups excluding carboxylic acids is 1. The molecule has 2 N–H and O–H groups in total. The van der Waals surface area contributed by atoms with Crippen molar-refractivity contribution >= 4 is 33.2 Å². The second-order valence-electron chi connectivity index (χ2n) is 5.77. The maximum absolute atomic E-state index is 14.1. The molecule has 132 valence electrons. The molecule has 1 heterocycles. The van der Waals surface area contributed by atoms with Gasteiger partial charge in [0, 0.05) is 6.54 Å². The fourth-order valence-electron chi connectivity index (χ4n) is 2.65. The van der Waals surface area contributed by atoms with Crippen molar-refractivity contribution in [3.8, 4) is 11.1 Å². The predicted molar refractivity (Wildman–Crippen MR) is 95.4 cm³/mol. The first-order valence-electron chi connectivity index (χ1n) is 7.65. The summed E-state index contributed by atoms with van der Waals surface area (Å²) in [7, 11) is -4.13. The Morgan fingerprint density at radius 1 is 1.12 bits per heavy atom. The molecule has 1 saturated heterocycles. The van der Waals surface area contributed by atoms with Crippen LogP contribution in [0.3, 0.4) is 0 Å². The number of halogens is 2. The summed E-state index contributed by atoms with van der Waals surface area (Å²) in [6.45, 7) is 0.213. The molecular formula is C17H16ClFN2O3S. The normalized spacial score (nSPS) is 20.8. The summed E-state index contributed by atoms with van der Waals surface area (Å²) in [5.74, 6) is -1.36. The van der Waals surface area contributed by atoms with Gasteiger partial charge in [-0.3, -0.25) is 9.52 Å². The van der Waals surface area contributed by atoms with Crippen LogP contribution in [0.15, 0.2) is 48.5 Å². The molecule has 1 amide bonds. The van der Waals surface area contributed by atoms with Crippen LogP contribution >= 0.6 is 11.6 Å². The third-order valence-corrected chi connectivity index (χ3v) is 5.95. The first-order valence-corrected chi connectivity index (χ1v) is 9.63.